The van der Waals surface area contributed by atoms with E-state index in [0.29, 0.717) is 50.3 Å². The van der Waals surface area contributed by atoms with Gasteiger partial charge in [0, 0.05) is 37.4 Å². The maximum atomic E-state index is 13.6. The van der Waals surface area contributed by atoms with E-state index in [0.717, 1.165) is 29.7 Å². The smallest absolute Gasteiger partial charge is 0.253 e. The molecular weight excluding hydrogens is 569 g/mol. The molecule has 1 N–H and O–H groups in total. The van der Waals surface area contributed by atoms with Crippen LogP contribution in [0.1, 0.15) is 74.0 Å². The minimum atomic E-state index is -0.895. The highest BCUT2D eigenvalue weighted by atomic mass is 19.1. The second-order valence-electron chi connectivity index (χ2n) is 12.3. The van der Waals surface area contributed by atoms with Crippen molar-refractivity contribution >= 4 is 23.3 Å². The van der Waals surface area contributed by atoms with Gasteiger partial charge in [-0.15, -0.1) is 0 Å². The molecule has 3 aromatic rings. The van der Waals surface area contributed by atoms with Crippen molar-refractivity contribution in [1.29, 1.82) is 0 Å². The fourth-order valence-electron chi connectivity index (χ4n) is 6.74. The first-order chi connectivity index (χ1) is 21.7. The molecule has 0 spiro atoms. The molecule has 5 rings (SSSR count). The van der Waals surface area contributed by atoms with E-state index in [4.69, 9.17) is 4.74 Å². The number of hydrogen-bond donors (Lipinski definition) is 1. The average molecular weight is 614 g/mol. The fraction of sp³-hybridized carbons (Fsp3) is 0.432. The number of ketones is 1. The molecule has 3 aromatic carbocycles. The number of aryl methyl sites for hydroxylation is 1. The molecule has 0 radical (unpaired) electrons. The standard InChI is InChI=1S/C37H44FN3O4/c1-5-8-31(26-11-9-25(4)10-12-26)39-35(43)32-33(42)37(6-2,7-3)34(32)45-30-19-13-27(14-20-30)36(44)41-23-21-40(22-24-41)29-17-15-28(38)16-18-29/h9-20,31-32,34H,5-8,21-24H2,1-4H3,(H,39,43)/t31?,32?,34-/m1/s1. The Morgan fingerprint density at radius 3 is 2.11 bits per heavy atom. The number of nitrogens with zero attached hydrogens (tertiary/aromatic N) is 2. The first kappa shape index (κ1) is 32.2. The van der Waals surface area contributed by atoms with Crippen molar-refractivity contribution in [3.05, 3.63) is 95.3 Å². The van der Waals surface area contributed by atoms with Crippen LogP contribution in [0, 0.1) is 24.1 Å². The summed E-state index contributed by atoms with van der Waals surface area (Å²) in [5.74, 6) is -1.07. The predicted molar refractivity (Wildman–Crippen MR) is 174 cm³/mol. The van der Waals surface area contributed by atoms with E-state index in [-0.39, 0.29) is 29.5 Å². The minimum absolute atomic E-state index is 0.0640. The highest BCUT2D eigenvalue weighted by molar-refractivity contribution is 6.10. The Morgan fingerprint density at radius 1 is 0.911 bits per heavy atom. The summed E-state index contributed by atoms with van der Waals surface area (Å²) in [6.45, 7) is 10.5. The monoisotopic (exact) mass is 613 g/mol. The molecule has 2 aliphatic rings. The SMILES string of the molecule is CCCC(NC(=O)C1C(=O)C(CC)(CC)[C@@H]1Oc1ccc(C(=O)N2CCN(c3ccc(F)cc3)CC2)cc1)c1ccc(C)cc1. The van der Waals surface area contributed by atoms with Crippen molar-refractivity contribution in [1.82, 2.24) is 10.2 Å². The van der Waals surface area contributed by atoms with Gasteiger partial charge in [0.1, 0.15) is 23.6 Å². The van der Waals surface area contributed by atoms with Crippen LogP contribution in [-0.2, 0) is 9.59 Å². The Bertz CT molecular complexity index is 1480. The van der Waals surface area contributed by atoms with E-state index in [9.17, 15) is 18.8 Å². The summed E-state index contributed by atoms with van der Waals surface area (Å²) in [4.78, 5) is 44.4. The van der Waals surface area contributed by atoms with E-state index < -0.39 is 17.4 Å². The lowest BCUT2D eigenvalue weighted by molar-refractivity contribution is -0.173. The minimum Gasteiger partial charge on any atom is -0.488 e. The van der Waals surface area contributed by atoms with Gasteiger partial charge in [-0.05, 0) is 80.3 Å². The molecule has 2 fully saturated rings. The summed E-state index contributed by atoms with van der Waals surface area (Å²) < 4.78 is 19.7. The van der Waals surface area contributed by atoms with Crippen LogP contribution in [0.5, 0.6) is 5.75 Å². The number of nitrogens with one attached hydrogen (secondary N) is 1. The third kappa shape index (κ3) is 6.60. The van der Waals surface area contributed by atoms with Gasteiger partial charge in [0.2, 0.25) is 5.91 Å². The molecule has 0 bridgehead atoms. The Hall–Kier alpha value is -4.20. The van der Waals surface area contributed by atoms with Crippen molar-refractivity contribution in [2.45, 2.75) is 65.5 Å². The van der Waals surface area contributed by atoms with Crippen LogP contribution in [0.2, 0.25) is 0 Å². The first-order valence-electron chi connectivity index (χ1n) is 16.2. The van der Waals surface area contributed by atoms with Crippen molar-refractivity contribution < 1.29 is 23.5 Å². The zero-order valence-corrected chi connectivity index (χ0v) is 26.7. The molecule has 238 valence electrons. The normalized spacial score (nSPS) is 19.9. The molecule has 1 aliphatic carbocycles. The number of hydrogen-bond acceptors (Lipinski definition) is 5. The van der Waals surface area contributed by atoms with Crippen LogP contribution in [0.25, 0.3) is 0 Å². The quantitative estimate of drug-likeness (QED) is 0.250. The van der Waals surface area contributed by atoms with Gasteiger partial charge >= 0.3 is 0 Å². The van der Waals surface area contributed by atoms with Gasteiger partial charge in [-0.3, -0.25) is 14.4 Å². The summed E-state index contributed by atoms with van der Waals surface area (Å²) >= 11 is 0. The number of Topliss-reactive ketones (excluding diaryl/α,β-unsaturated/α-hetero) is 1. The highest BCUT2D eigenvalue weighted by Gasteiger charge is 2.64. The lowest BCUT2D eigenvalue weighted by atomic mass is 9.55. The second kappa shape index (κ2) is 13.8. The summed E-state index contributed by atoms with van der Waals surface area (Å²) in [5, 5.41) is 3.15. The number of carbonyl (C=O) groups is 3. The van der Waals surface area contributed by atoms with Crippen LogP contribution in [-0.4, -0.2) is 54.8 Å². The number of ether oxygens (including phenoxy) is 1. The Kier molecular flexibility index (Phi) is 9.90. The van der Waals surface area contributed by atoms with E-state index >= 15 is 0 Å². The third-order valence-electron chi connectivity index (χ3n) is 9.66. The van der Waals surface area contributed by atoms with Crippen molar-refractivity contribution in [3.8, 4) is 5.75 Å². The lowest BCUT2D eigenvalue weighted by Gasteiger charge is -2.51. The maximum Gasteiger partial charge on any atom is 0.253 e. The molecule has 45 heavy (non-hydrogen) atoms. The lowest BCUT2D eigenvalue weighted by Crippen LogP contribution is -2.68. The number of anilines is 1. The Labute approximate surface area is 265 Å². The summed E-state index contributed by atoms with van der Waals surface area (Å²) in [6.07, 6.45) is 2.22. The van der Waals surface area contributed by atoms with E-state index in [1.807, 2.05) is 49.9 Å². The van der Waals surface area contributed by atoms with Crippen molar-refractivity contribution in [3.63, 3.8) is 0 Å². The van der Waals surface area contributed by atoms with Crippen molar-refractivity contribution in [2.75, 3.05) is 31.1 Å². The van der Waals surface area contributed by atoms with Gasteiger partial charge in [-0.1, -0.05) is 57.0 Å². The molecule has 7 nitrogen and oxygen atoms in total. The van der Waals surface area contributed by atoms with Crippen LogP contribution in [0.15, 0.2) is 72.8 Å². The maximum absolute atomic E-state index is 13.6. The zero-order chi connectivity index (χ0) is 32.1. The highest BCUT2D eigenvalue weighted by Crippen LogP contribution is 2.50. The van der Waals surface area contributed by atoms with Gasteiger partial charge in [0.25, 0.3) is 5.91 Å². The largest absolute Gasteiger partial charge is 0.488 e. The zero-order valence-electron chi connectivity index (χ0n) is 26.7. The third-order valence-corrected chi connectivity index (χ3v) is 9.66. The fourth-order valence-corrected chi connectivity index (χ4v) is 6.74. The Morgan fingerprint density at radius 2 is 1.53 bits per heavy atom. The summed E-state index contributed by atoms with van der Waals surface area (Å²) in [5.41, 5.74) is 2.93. The Balaban J connectivity index is 1.25. The van der Waals surface area contributed by atoms with Gasteiger partial charge in [0.05, 0.1) is 11.5 Å². The number of carbonyl (C=O) groups excluding carboxylic acids is 3. The summed E-state index contributed by atoms with van der Waals surface area (Å²) in [6, 6.07) is 21.4. The van der Waals surface area contributed by atoms with Crippen molar-refractivity contribution in [2.24, 2.45) is 11.3 Å². The van der Waals surface area contributed by atoms with Crippen LogP contribution >= 0.6 is 0 Å². The van der Waals surface area contributed by atoms with Crippen LogP contribution in [0.4, 0.5) is 10.1 Å². The van der Waals surface area contributed by atoms with Crippen LogP contribution < -0.4 is 15.0 Å². The number of piperazine rings is 1. The molecule has 1 aliphatic heterocycles. The second-order valence-corrected chi connectivity index (χ2v) is 12.3. The molecule has 8 heteroatoms. The molecule has 1 saturated carbocycles. The van der Waals surface area contributed by atoms with Gasteiger partial charge < -0.3 is 19.9 Å². The number of halogens is 1. The number of amides is 2. The molecule has 1 heterocycles. The van der Waals surface area contributed by atoms with E-state index in [1.165, 1.54) is 12.1 Å². The number of rotatable bonds is 11. The summed E-state index contributed by atoms with van der Waals surface area (Å²) in [7, 11) is 0. The molecule has 2 unspecified atom stereocenters. The van der Waals surface area contributed by atoms with Crippen LogP contribution in [0.3, 0.4) is 0 Å². The van der Waals surface area contributed by atoms with Gasteiger partial charge in [-0.2, -0.15) is 0 Å². The first-order valence-corrected chi connectivity index (χ1v) is 16.2. The van der Waals surface area contributed by atoms with E-state index in [2.05, 4.69) is 17.1 Å². The average Bonchev–Trinajstić information content (AvgIpc) is 3.06. The topological polar surface area (TPSA) is 78.9 Å². The van der Waals surface area contributed by atoms with Gasteiger partial charge in [0.15, 0.2) is 5.78 Å². The molecule has 3 atom stereocenters. The number of benzene rings is 3. The molecule has 0 aromatic heterocycles. The molecule has 1 saturated heterocycles. The van der Waals surface area contributed by atoms with E-state index in [1.54, 1.807) is 36.4 Å². The predicted octanol–water partition coefficient (Wildman–Crippen LogP) is 6.51. The molecular formula is C37H44FN3O4. The van der Waals surface area contributed by atoms with Gasteiger partial charge in [-0.25, -0.2) is 4.39 Å². The molecule has 2 amide bonds.